The fraction of sp³-hybridized carbons (Fsp3) is 0.800. The van der Waals surface area contributed by atoms with Gasteiger partial charge in [-0.1, -0.05) is 27.7 Å². The number of nitrogens with zero attached hydrogens (tertiary/aromatic N) is 2. The smallest absolute Gasteiger partial charge is 0.0644 e. The zero-order valence-electron chi connectivity index (χ0n) is 12.9. The normalized spacial score (nSPS) is 13.3. The molecule has 0 radical (unpaired) electrons. The highest BCUT2D eigenvalue weighted by molar-refractivity contribution is 5.24. The van der Waals surface area contributed by atoms with Crippen LogP contribution in [0.1, 0.15) is 57.1 Å². The van der Waals surface area contributed by atoms with E-state index in [2.05, 4.69) is 51.5 Å². The van der Waals surface area contributed by atoms with Gasteiger partial charge in [0.2, 0.25) is 0 Å². The first-order chi connectivity index (χ1) is 8.51. The summed E-state index contributed by atoms with van der Waals surface area (Å²) >= 11 is 0. The quantitative estimate of drug-likeness (QED) is 0.806. The van der Waals surface area contributed by atoms with E-state index in [1.165, 1.54) is 17.0 Å². The van der Waals surface area contributed by atoms with E-state index in [-0.39, 0.29) is 0 Å². The summed E-state index contributed by atoms with van der Waals surface area (Å²) < 4.78 is 2.22. The summed E-state index contributed by atoms with van der Waals surface area (Å²) in [4.78, 5) is 0. The molecule has 104 valence electrons. The van der Waals surface area contributed by atoms with Crippen molar-refractivity contribution in [2.24, 2.45) is 5.92 Å². The third-order valence-electron chi connectivity index (χ3n) is 3.58. The van der Waals surface area contributed by atoms with Crippen molar-refractivity contribution >= 4 is 0 Å². The fourth-order valence-electron chi connectivity index (χ4n) is 2.51. The number of nitrogens with one attached hydrogen (secondary N) is 1. The van der Waals surface area contributed by atoms with Crippen molar-refractivity contribution in [2.75, 3.05) is 13.1 Å². The Labute approximate surface area is 112 Å². The van der Waals surface area contributed by atoms with Crippen LogP contribution in [0.3, 0.4) is 0 Å². The molecule has 3 heteroatoms. The highest BCUT2D eigenvalue weighted by Gasteiger charge is 2.16. The van der Waals surface area contributed by atoms with Gasteiger partial charge in [-0.25, -0.2) is 0 Å². The summed E-state index contributed by atoms with van der Waals surface area (Å²) in [7, 11) is 0. The van der Waals surface area contributed by atoms with Crippen molar-refractivity contribution in [2.45, 2.75) is 60.4 Å². The lowest BCUT2D eigenvalue weighted by molar-refractivity contribution is 0.392. The molecule has 3 nitrogen and oxygen atoms in total. The number of hydrogen-bond donors (Lipinski definition) is 1. The average molecular weight is 251 g/mol. The second-order valence-electron chi connectivity index (χ2n) is 5.56. The van der Waals surface area contributed by atoms with Gasteiger partial charge in [0.15, 0.2) is 0 Å². The first-order valence-electron chi connectivity index (χ1n) is 7.26. The zero-order chi connectivity index (χ0) is 13.7. The van der Waals surface area contributed by atoms with Crippen LogP contribution in [0.25, 0.3) is 0 Å². The van der Waals surface area contributed by atoms with Crippen LogP contribution in [-0.2, 0) is 6.42 Å². The molecule has 0 spiro atoms. The molecule has 1 atom stereocenters. The van der Waals surface area contributed by atoms with E-state index in [0.29, 0.717) is 12.0 Å². The molecule has 0 saturated heterocycles. The highest BCUT2D eigenvalue weighted by Crippen LogP contribution is 2.19. The standard InChI is InChI=1S/C15H29N3/c1-7-14(10-16-9-11(3)4)18-13(6)15(8-2)12(5)17-18/h11,14,16H,7-10H2,1-6H3. The third-order valence-corrected chi connectivity index (χ3v) is 3.58. The first kappa shape index (κ1) is 15.2. The van der Waals surface area contributed by atoms with E-state index in [0.717, 1.165) is 25.9 Å². The van der Waals surface area contributed by atoms with Gasteiger partial charge >= 0.3 is 0 Å². The molecule has 1 heterocycles. The highest BCUT2D eigenvalue weighted by atomic mass is 15.3. The van der Waals surface area contributed by atoms with Crippen molar-refractivity contribution in [1.29, 1.82) is 0 Å². The van der Waals surface area contributed by atoms with Gasteiger partial charge in [0.25, 0.3) is 0 Å². The van der Waals surface area contributed by atoms with Crippen LogP contribution in [0.15, 0.2) is 0 Å². The molecule has 0 amide bonds. The van der Waals surface area contributed by atoms with Gasteiger partial charge in [-0.15, -0.1) is 0 Å². The molecule has 1 N–H and O–H groups in total. The zero-order valence-corrected chi connectivity index (χ0v) is 12.9. The second-order valence-corrected chi connectivity index (χ2v) is 5.56. The lowest BCUT2D eigenvalue weighted by atomic mass is 10.1. The Balaban J connectivity index is 2.76. The topological polar surface area (TPSA) is 29.9 Å². The second kappa shape index (κ2) is 6.93. The molecule has 18 heavy (non-hydrogen) atoms. The molecule has 0 fully saturated rings. The van der Waals surface area contributed by atoms with Crippen molar-refractivity contribution in [3.8, 4) is 0 Å². The van der Waals surface area contributed by atoms with E-state index in [4.69, 9.17) is 5.10 Å². The molecule has 0 aliphatic heterocycles. The lowest BCUT2D eigenvalue weighted by Crippen LogP contribution is -2.29. The molecule has 0 saturated carbocycles. The molecule has 1 unspecified atom stereocenters. The minimum Gasteiger partial charge on any atom is -0.314 e. The Morgan fingerprint density at radius 1 is 1.17 bits per heavy atom. The van der Waals surface area contributed by atoms with Gasteiger partial charge in [-0.3, -0.25) is 4.68 Å². The van der Waals surface area contributed by atoms with Crippen LogP contribution in [0, 0.1) is 19.8 Å². The fourth-order valence-corrected chi connectivity index (χ4v) is 2.51. The first-order valence-corrected chi connectivity index (χ1v) is 7.26. The molecule has 0 bridgehead atoms. The van der Waals surface area contributed by atoms with E-state index >= 15 is 0 Å². The summed E-state index contributed by atoms with van der Waals surface area (Å²) in [5.74, 6) is 0.703. The maximum absolute atomic E-state index is 4.73. The molecule has 0 aliphatic rings. The largest absolute Gasteiger partial charge is 0.314 e. The molecule has 1 aromatic heterocycles. The summed E-state index contributed by atoms with van der Waals surface area (Å²) in [6, 6.07) is 0.475. The summed E-state index contributed by atoms with van der Waals surface area (Å²) in [6.07, 6.45) is 2.20. The van der Waals surface area contributed by atoms with Crippen LogP contribution in [0.2, 0.25) is 0 Å². The molecular weight excluding hydrogens is 222 g/mol. The predicted molar refractivity (Wildman–Crippen MR) is 78.1 cm³/mol. The van der Waals surface area contributed by atoms with Crippen LogP contribution in [-0.4, -0.2) is 22.9 Å². The van der Waals surface area contributed by atoms with E-state index in [9.17, 15) is 0 Å². The van der Waals surface area contributed by atoms with Crippen LogP contribution < -0.4 is 5.32 Å². The monoisotopic (exact) mass is 251 g/mol. The van der Waals surface area contributed by atoms with Gasteiger partial charge in [-0.2, -0.15) is 5.10 Å². The van der Waals surface area contributed by atoms with E-state index < -0.39 is 0 Å². The number of hydrogen-bond acceptors (Lipinski definition) is 2. The Morgan fingerprint density at radius 2 is 1.83 bits per heavy atom. The van der Waals surface area contributed by atoms with Crippen LogP contribution in [0.5, 0.6) is 0 Å². The Bertz CT molecular complexity index is 366. The maximum atomic E-state index is 4.73. The van der Waals surface area contributed by atoms with E-state index in [1.807, 2.05) is 0 Å². The van der Waals surface area contributed by atoms with Crippen molar-refractivity contribution < 1.29 is 0 Å². The lowest BCUT2D eigenvalue weighted by Gasteiger charge is -2.19. The number of aromatic nitrogens is 2. The minimum absolute atomic E-state index is 0.475. The molecular formula is C15H29N3. The molecule has 1 rings (SSSR count). The molecule has 0 aliphatic carbocycles. The molecule has 0 aromatic carbocycles. The summed E-state index contributed by atoms with van der Waals surface area (Å²) in [6.45, 7) is 15.3. The van der Waals surface area contributed by atoms with Gasteiger partial charge < -0.3 is 5.32 Å². The van der Waals surface area contributed by atoms with Gasteiger partial charge in [0.1, 0.15) is 0 Å². The van der Waals surface area contributed by atoms with Gasteiger partial charge in [0.05, 0.1) is 11.7 Å². The Hall–Kier alpha value is -0.830. The summed E-state index contributed by atoms with van der Waals surface area (Å²) in [5, 5.41) is 8.27. The van der Waals surface area contributed by atoms with Gasteiger partial charge in [0, 0.05) is 12.2 Å². The third kappa shape index (κ3) is 3.58. The minimum atomic E-state index is 0.475. The predicted octanol–water partition coefficient (Wildman–Crippen LogP) is 3.26. The number of rotatable bonds is 7. The van der Waals surface area contributed by atoms with Gasteiger partial charge in [-0.05, 0) is 44.7 Å². The Morgan fingerprint density at radius 3 is 2.28 bits per heavy atom. The molecule has 1 aromatic rings. The maximum Gasteiger partial charge on any atom is 0.0644 e. The SMILES string of the molecule is CCc1c(C)nn(C(CC)CNCC(C)C)c1C. The van der Waals surface area contributed by atoms with Crippen molar-refractivity contribution in [3.63, 3.8) is 0 Å². The Kier molecular flexibility index (Phi) is 5.86. The van der Waals surface area contributed by atoms with Crippen molar-refractivity contribution in [3.05, 3.63) is 17.0 Å². The van der Waals surface area contributed by atoms with Crippen LogP contribution in [0.4, 0.5) is 0 Å². The summed E-state index contributed by atoms with van der Waals surface area (Å²) in [5.41, 5.74) is 3.95. The number of aryl methyl sites for hydroxylation is 1. The van der Waals surface area contributed by atoms with Crippen LogP contribution >= 0.6 is 0 Å². The van der Waals surface area contributed by atoms with E-state index in [1.54, 1.807) is 0 Å². The average Bonchev–Trinajstić information content (AvgIpc) is 2.59. The van der Waals surface area contributed by atoms with Crippen molar-refractivity contribution in [1.82, 2.24) is 15.1 Å².